The Morgan fingerprint density at radius 2 is 2.08 bits per heavy atom. The van der Waals surface area contributed by atoms with Crippen molar-refractivity contribution < 1.29 is 4.92 Å². The number of nitrogens with zero attached hydrogens (tertiary/aromatic N) is 1. The average Bonchev–Trinajstić information content (AvgIpc) is 2.04. The Morgan fingerprint density at radius 3 is 2.54 bits per heavy atom. The minimum Gasteiger partial charge on any atom is -0.258 e. The third-order valence-electron chi connectivity index (χ3n) is 2.08. The molecule has 1 rings (SSSR count). The Labute approximate surface area is 76.9 Å². The predicted molar refractivity (Wildman–Crippen MR) is 52.7 cm³/mol. The average molecular weight is 177 g/mol. The number of aryl methyl sites for hydroxylation is 1. The quantitative estimate of drug-likeness (QED) is 0.515. The molecule has 13 heavy (non-hydrogen) atoms. The summed E-state index contributed by atoms with van der Waals surface area (Å²) in [7, 11) is 0. The minimum atomic E-state index is -0.350. The van der Waals surface area contributed by atoms with E-state index in [-0.39, 0.29) is 10.6 Å². The van der Waals surface area contributed by atoms with Crippen LogP contribution in [0.5, 0.6) is 0 Å². The Bertz CT molecular complexity index is 369. The molecule has 3 heteroatoms. The van der Waals surface area contributed by atoms with Gasteiger partial charge >= 0.3 is 0 Å². The maximum absolute atomic E-state index is 10.7. The third kappa shape index (κ3) is 1.59. The molecule has 0 unspecified atom stereocenters. The van der Waals surface area contributed by atoms with Crippen LogP contribution >= 0.6 is 0 Å². The Kier molecular flexibility index (Phi) is 2.46. The van der Waals surface area contributed by atoms with Crippen molar-refractivity contribution in [2.45, 2.75) is 13.8 Å². The van der Waals surface area contributed by atoms with E-state index in [9.17, 15) is 10.1 Å². The maximum Gasteiger partial charge on any atom is 0.275 e. The van der Waals surface area contributed by atoms with Crippen LogP contribution in [0.3, 0.4) is 0 Å². The van der Waals surface area contributed by atoms with Crippen LogP contribution in [0.15, 0.2) is 18.7 Å². The van der Waals surface area contributed by atoms with E-state index in [4.69, 9.17) is 0 Å². The summed E-state index contributed by atoms with van der Waals surface area (Å²) >= 11 is 0. The first kappa shape index (κ1) is 9.45. The molecule has 0 saturated heterocycles. The molecule has 0 amide bonds. The SMILES string of the molecule is C=Cc1ccc(C)c([N+](=O)[O-])c1C. The van der Waals surface area contributed by atoms with E-state index < -0.39 is 0 Å². The van der Waals surface area contributed by atoms with Crippen molar-refractivity contribution in [3.05, 3.63) is 45.5 Å². The van der Waals surface area contributed by atoms with Gasteiger partial charge in [-0.25, -0.2) is 0 Å². The lowest BCUT2D eigenvalue weighted by molar-refractivity contribution is -0.386. The zero-order chi connectivity index (χ0) is 10.0. The number of hydrogen-bond donors (Lipinski definition) is 0. The lowest BCUT2D eigenvalue weighted by atomic mass is 10.0. The highest BCUT2D eigenvalue weighted by atomic mass is 16.6. The molecule has 0 fully saturated rings. The van der Waals surface area contributed by atoms with Gasteiger partial charge in [-0.15, -0.1) is 0 Å². The number of nitro groups is 1. The van der Waals surface area contributed by atoms with Gasteiger partial charge < -0.3 is 0 Å². The fourth-order valence-electron chi connectivity index (χ4n) is 1.35. The van der Waals surface area contributed by atoms with Crippen molar-refractivity contribution in [1.82, 2.24) is 0 Å². The molecule has 0 radical (unpaired) electrons. The summed E-state index contributed by atoms with van der Waals surface area (Å²) in [5, 5.41) is 10.7. The largest absolute Gasteiger partial charge is 0.275 e. The third-order valence-corrected chi connectivity index (χ3v) is 2.08. The van der Waals surface area contributed by atoms with Gasteiger partial charge in [-0.05, 0) is 19.4 Å². The van der Waals surface area contributed by atoms with E-state index in [1.54, 1.807) is 26.0 Å². The monoisotopic (exact) mass is 177 g/mol. The first-order valence-electron chi connectivity index (χ1n) is 3.95. The normalized spacial score (nSPS) is 9.69. The van der Waals surface area contributed by atoms with Crippen LogP contribution in [0.1, 0.15) is 16.7 Å². The molecule has 68 valence electrons. The fraction of sp³-hybridized carbons (Fsp3) is 0.200. The van der Waals surface area contributed by atoms with Gasteiger partial charge in [-0.3, -0.25) is 10.1 Å². The summed E-state index contributed by atoms with van der Waals surface area (Å²) in [6.07, 6.45) is 1.63. The fourth-order valence-corrected chi connectivity index (χ4v) is 1.35. The van der Waals surface area contributed by atoms with E-state index in [0.29, 0.717) is 11.1 Å². The molecule has 0 N–H and O–H groups in total. The summed E-state index contributed by atoms with van der Waals surface area (Å²) in [6, 6.07) is 3.58. The predicted octanol–water partition coefficient (Wildman–Crippen LogP) is 2.85. The van der Waals surface area contributed by atoms with E-state index in [0.717, 1.165) is 5.56 Å². The zero-order valence-electron chi connectivity index (χ0n) is 7.70. The van der Waals surface area contributed by atoms with Crippen LogP contribution in [0, 0.1) is 24.0 Å². The second-order valence-corrected chi connectivity index (χ2v) is 2.91. The summed E-state index contributed by atoms with van der Waals surface area (Å²) in [6.45, 7) is 7.07. The number of benzene rings is 1. The van der Waals surface area contributed by atoms with Crippen molar-refractivity contribution in [2.75, 3.05) is 0 Å². The second kappa shape index (κ2) is 3.39. The first-order valence-corrected chi connectivity index (χ1v) is 3.95. The highest BCUT2D eigenvalue weighted by Crippen LogP contribution is 2.25. The Morgan fingerprint density at radius 1 is 1.46 bits per heavy atom. The van der Waals surface area contributed by atoms with E-state index >= 15 is 0 Å². The molecule has 0 aliphatic carbocycles. The molecule has 0 heterocycles. The van der Waals surface area contributed by atoms with Gasteiger partial charge in [0.15, 0.2) is 0 Å². The molecule has 1 aromatic rings. The molecule has 0 aliphatic rings. The zero-order valence-corrected chi connectivity index (χ0v) is 7.70. The van der Waals surface area contributed by atoms with Crippen LogP contribution in [0.2, 0.25) is 0 Å². The molecule has 0 atom stereocenters. The van der Waals surface area contributed by atoms with Crippen molar-refractivity contribution in [1.29, 1.82) is 0 Å². The van der Waals surface area contributed by atoms with Crippen LogP contribution in [-0.2, 0) is 0 Å². The molecule has 0 aromatic heterocycles. The van der Waals surface area contributed by atoms with Gasteiger partial charge in [0.05, 0.1) is 4.92 Å². The molecule has 3 nitrogen and oxygen atoms in total. The van der Waals surface area contributed by atoms with Crippen LogP contribution in [0.4, 0.5) is 5.69 Å². The number of hydrogen-bond acceptors (Lipinski definition) is 2. The van der Waals surface area contributed by atoms with Crippen molar-refractivity contribution in [3.63, 3.8) is 0 Å². The van der Waals surface area contributed by atoms with E-state index in [1.807, 2.05) is 6.07 Å². The molecule has 0 spiro atoms. The highest BCUT2D eigenvalue weighted by molar-refractivity contribution is 5.61. The summed E-state index contributed by atoms with van der Waals surface area (Å²) in [4.78, 5) is 10.3. The lowest BCUT2D eigenvalue weighted by Crippen LogP contribution is -1.96. The summed E-state index contributed by atoms with van der Waals surface area (Å²) in [5.74, 6) is 0. The van der Waals surface area contributed by atoms with Crippen LogP contribution < -0.4 is 0 Å². The van der Waals surface area contributed by atoms with Gasteiger partial charge in [0.1, 0.15) is 0 Å². The number of rotatable bonds is 2. The molecule has 0 aliphatic heterocycles. The number of nitro benzene ring substituents is 1. The standard InChI is InChI=1S/C10H11NO2/c1-4-9-6-5-7(2)10(8(9)3)11(12)13/h4-6H,1H2,2-3H3. The smallest absolute Gasteiger partial charge is 0.258 e. The van der Waals surface area contributed by atoms with Gasteiger partial charge in [0.2, 0.25) is 0 Å². The van der Waals surface area contributed by atoms with Crippen molar-refractivity contribution in [2.24, 2.45) is 0 Å². The molecular weight excluding hydrogens is 166 g/mol. The molecular formula is C10H11NO2. The van der Waals surface area contributed by atoms with Crippen LogP contribution in [0.25, 0.3) is 6.08 Å². The van der Waals surface area contributed by atoms with E-state index in [1.165, 1.54) is 0 Å². The highest BCUT2D eigenvalue weighted by Gasteiger charge is 2.15. The lowest BCUT2D eigenvalue weighted by Gasteiger charge is -2.03. The maximum atomic E-state index is 10.7. The molecule has 0 saturated carbocycles. The van der Waals surface area contributed by atoms with Crippen molar-refractivity contribution >= 4 is 11.8 Å². The molecule has 0 bridgehead atoms. The Hall–Kier alpha value is -1.64. The molecule has 1 aromatic carbocycles. The summed E-state index contributed by atoms with van der Waals surface area (Å²) < 4.78 is 0. The second-order valence-electron chi connectivity index (χ2n) is 2.91. The minimum absolute atomic E-state index is 0.192. The van der Waals surface area contributed by atoms with E-state index in [2.05, 4.69) is 6.58 Å². The topological polar surface area (TPSA) is 43.1 Å². The summed E-state index contributed by atoms with van der Waals surface area (Å²) in [5.41, 5.74) is 2.38. The van der Waals surface area contributed by atoms with Gasteiger partial charge in [-0.2, -0.15) is 0 Å². The van der Waals surface area contributed by atoms with Gasteiger partial charge in [0, 0.05) is 11.1 Å². The van der Waals surface area contributed by atoms with Crippen molar-refractivity contribution in [3.8, 4) is 0 Å². The first-order chi connectivity index (χ1) is 6.07. The Balaban J connectivity index is 3.47. The van der Waals surface area contributed by atoms with Gasteiger partial charge in [0.25, 0.3) is 5.69 Å². The van der Waals surface area contributed by atoms with Gasteiger partial charge in [-0.1, -0.05) is 24.8 Å². The van der Waals surface area contributed by atoms with Crippen LogP contribution in [-0.4, -0.2) is 4.92 Å².